The molecule has 0 bridgehead atoms. The van der Waals surface area contributed by atoms with Gasteiger partial charge < -0.3 is 4.74 Å². The Labute approximate surface area is 129 Å². The van der Waals surface area contributed by atoms with Gasteiger partial charge in [-0.3, -0.25) is 0 Å². The highest BCUT2D eigenvalue weighted by molar-refractivity contribution is 5.87. The molecular weight excluding hydrogens is 310 g/mol. The van der Waals surface area contributed by atoms with Gasteiger partial charge in [0.2, 0.25) is 0 Å². The molecule has 0 fully saturated rings. The minimum atomic E-state index is -4.76. The van der Waals surface area contributed by atoms with E-state index in [0.717, 1.165) is 17.5 Å². The van der Waals surface area contributed by atoms with Crippen LogP contribution in [0.3, 0.4) is 0 Å². The van der Waals surface area contributed by atoms with Crippen LogP contribution in [0.5, 0.6) is 5.75 Å². The van der Waals surface area contributed by atoms with Crippen LogP contribution in [0.1, 0.15) is 5.56 Å². The minimum absolute atomic E-state index is 0.169. The second kappa shape index (κ2) is 5.53. The molecule has 0 unspecified atom stereocenters. The number of para-hydroxylation sites is 1. The van der Waals surface area contributed by atoms with Crippen molar-refractivity contribution in [2.24, 2.45) is 0 Å². The van der Waals surface area contributed by atoms with Gasteiger partial charge in [-0.1, -0.05) is 12.1 Å². The average molecular weight is 321 g/mol. The van der Waals surface area contributed by atoms with Crippen LogP contribution in [0, 0.1) is 5.82 Å². The number of halogens is 4. The standard InChI is InChI=1S/C17H11F4NO/c1-23-16-9-15(22-14-5-3-2-4-11(14)16)10-6-7-13(18)12(8-10)17(19,20)21/h2-9H,1H3. The van der Waals surface area contributed by atoms with Crippen LogP contribution < -0.4 is 4.74 Å². The zero-order chi connectivity index (χ0) is 16.6. The summed E-state index contributed by atoms with van der Waals surface area (Å²) in [6, 6.07) is 11.5. The van der Waals surface area contributed by atoms with Crippen molar-refractivity contribution < 1.29 is 22.3 Å². The zero-order valence-electron chi connectivity index (χ0n) is 12.0. The molecule has 0 aliphatic heterocycles. The fourth-order valence-electron chi connectivity index (χ4n) is 2.36. The third-order valence-corrected chi connectivity index (χ3v) is 3.47. The number of ether oxygens (including phenoxy) is 1. The molecule has 0 radical (unpaired) electrons. The smallest absolute Gasteiger partial charge is 0.419 e. The molecule has 0 aliphatic rings. The Morgan fingerprint density at radius 2 is 1.74 bits per heavy atom. The molecule has 0 atom stereocenters. The Morgan fingerprint density at radius 3 is 2.43 bits per heavy atom. The van der Waals surface area contributed by atoms with E-state index in [1.165, 1.54) is 19.2 Å². The maximum absolute atomic E-state index is 13.4. The van der Waals surface area contributed by atoms with E-state index in [9.17, 15) is 17.6 Å². The number of alkyl halides is 3. The van der Waals surface area contributed by atoms with Crippen molar-refractivity contribution in [2.45, 2.75) is 6.18 Å². The van der Waals surface area contributed by atoms with Crippen LogP contribution in [0.15, 0.2) is 48.5 Å². The monoisotopic (exact) mass is 321 g/mol. The fraction of sp³-hybridized carbons (Fsp3) is 0.118. The summed E-state index contributed by atoms with van der Waals surface area (Å²) in [5, 5.41) is 0.747. The van der Waals surface area contributed by atoms with Gasteiger partial charge in [0.25, 0.3) is 0 Å². The average Bonchev–Trinajstić information content (AvgIpc) is 2.53. The van der Waals surface area contributed by atoms with Crippen LogP contribution in [0.2, 0.25) is 0 Å². The molecule has 0 spiro atoms. The van der Waals surface area contributed by atoms with E-state index >= 15 is 0 Å². The van der Waals surface area contributed by atoms with Gasteiger partial charge in [0.1, 0.15) is 11.6 Å². The van der Waals surface area contributed by atoms with E-state index in [2.05, 4.69) is 4.98 Å². The van der Waals surface area contributed by atoms with Gasteiger partial charge in [-0.2, -0.15) is 13.2 Å². The number of aromatic nitrogens is 1. The molecule has 1 aromatic heterocycles. The number of pyridine rings is 1. The van der Waals surface area contributed by atoms with E-state index in [0.29, 0.717) is 11.3 Å². The summed E-state index contributed by atoms with van der Waals surface area (Å²) in [5.41, 5.74) is -0.280. The first-order valence-electron chi connectivity index (χ1n) is 6.71. The van der Waals surface area contributed by atoms with Gasteiger partial charge in [0.05, 0.1) is 23.9 Å². The van der Waals surface area contributed by atoms with Gasteiger partial charge in [-0.15, -0.1) is 0 Å². The van der Waals surface area contributed by atoms with E-state index in [-0.39, 0.29) is 11.3 Å². The summed E-state index contributed by atoms with van der Waals surface area (Å²) < 4.78 is 57.3. The zero-order valence-corrected chi connectivity index (χ0v) is 12.0. The van der Waals surface area contributed by atoms with Gasteiger partial charge in [-0.25, -0.2) is 9.37 Å². The Balaban J connectivity index is 2.21. The van der Waals surface area contributed by atoms with Gasteiger partial charge in [-0.05, 0) is 30.3 Å². The normalized spacial score (nSPS) is 11.7. The predicted octanol–water partition coefficient (Wildman–Crippen LogP) is 5.07. The summed E-state index contributed by atoms with van der Waals surface area (Å²) in [6.45, 7) is 0. The maximum Gasteiger partial charge on any atom is 0.419 e. The Kier molecular flexibility index (Phi) is 3.67. The topological polar surface area (TPSA) is 22.1 Å². The van der Waals surface area contributed by atoms with Crippen molar-refractivity contribution in [3.05, 3.63) is 59.9 Å². The number of fused-ring (bicyclic) bond motifs is 1. The van der Waals surface area contributed by atoms with Crippen molar-refractivity contribution in [3.63, 3.8) is 0 Å². The SMILES string of the molecule is COc1cc(-c2ccc(F)c(C(F)(F)F)c2)nc2ccccc12. The number of hydrogen-bond acceptors (Lipinski definition) is 2. The second-order valence-electron chi connectivity index (χ2n) is 4.92. The maximum atomic E-state index is 13.4. The molecule has 3 aromatic rings. The minimum Gasteiger partial charge on any atom is -0.496 e. The molecule has 0 N–H and O–H groups in total. The molecule has 2 aromatic carbocycles. The third-order valence-electron chi connectivity index (χ3n) is 3.47. The number of methoxy groups -OCH3 is 1. The van der Waals surface area contributed by atoms with E-state index in [4.69, 9.17) is 4.74 Å². The lowest BCUT2D eigenvalue weighted by Gasteiger charge is -2.12. The van der Waals surface area contributed by atoms with Crippen LogP contribution in [-0.2, 0) is 6.18 Å². The van der Waals surface area contributed by atoms with E-state index < -0.39 is 17.6 Å². The molecule has 0 saturated carbocycles. The first-order valence-corrected chi connectivity index (χ1v) is 6.71. The van der Waals surface area contributed by atoms with Crippen LogP contribution in [0.25, 0.3) is 22.2 Å². The lowest BCUT2D eigenvalue weighted by atomic mass is 10.0. The first-order chi connectivity index (χ1) is 10.9. The number of rotatable bonds is 2. The van der Waals surface area contributed by atoms with Gasteiger partial charge >= 0.3 is 6.18 Å². The largest absolute Gasteiger partial charge is 0.496 e. The predicted molar refractivity (Wildman–Crippen MR) is 78.7 cm³/mol. The van der Waals surface area contributed by atoms with Crippen molar-refractivity contribution in [2.75, 3.05) is 7.11 Å². The van der Waals surface area contributed by atoms with E-state index in [1.807, 2.05) is 6.07 Å². The molecule has 23 heavy (non-hydrogen) atoms. The second-order valence-corrected chi connectivity index (χ2v) is 4.92. The molecule has 3 rings (SSSR count). The Morgan fingerprint density at radius 1 is 1.00 bits per heavy atom. The summed E-state index contributed by atoms with van der Waals surface area (Å²) in [7, 11) is 1.47. The number of benzene rings is 2. The summed E-state index contributed by atoms with van der Waals surface area (Å²) in [5.74, 6) is -0.822. The summed E-state index contributed by atoms with van der Waals surface area (Å²) in [6.07, 6.45) is -4.76. The number of hydrogen-bond donors (Lipinski definition) is 0. The quantitative estimate of drug-likeness (QED) is 0.615. The van der Waals surface area contributed by atoms with Crippen molar-refractivity contribution in [1.82, 2.24) is 4.98 Å². The van der Waals surface area contributed by atoms with Crippen molar-refractivity contribution in [3.8, 4) is 17.0 Å². The third kappa shape index (κ3) is 2.84. The lowest BCUT2D eigenvalue weighted by Crippen LogP contribution is -2.08. The van der Waals surface area contributed by atoms with Crippen LogP contribution in [-0.4, -0.2) is 12.1 Å². The highest BCUT2D eigenvalue weighted by atomic mass is 19.4. The van der Waals surface area contributed by atoms with Gasteiger partial charge in [0.15, 0.2) is 0 Å². The van der Waals surface area contributed by atoms with Crippen LogP contribution in [0.4, 0.5) is 17.6 Å². The molecule has 1 heterocycles. The molecule has 2 nitrogen and oxygen atoms in total. The molecule has 6 heteroatoms. The van der Waals surface area contributed by atoms with Crippen LogP contribution >= 0.6 is 0 Å². The highest BCUT2D eigenvalue weighted by Gasteiger charge is 2.34. The van der Waals surface area contributed by atoms with Crippen molar-refractivity contribution in [1.29, 1.82) is 0 Å². The molecule has 118 valence electrons. The van der Waals surface area contributed by atoms with Crippen molar-refractivity contribution >= 4 is 10.9 Å². The lowest BCUT2D eigenvalue weighted by molar-refractivity contribution is -0.139. The Hall–Kier alpha value is -2.63. The molecular formula is C17H11F4NO. The fourth-order valence-corrected chi connectivity index (χ4v) is 2.36. The summed E-state index contributed by atoms with van der Waals surface area (Å²) >= 11 is 0. The highest BCUT2D eigenvalue weighted by Crippen LogP contribution is 2.35. The molecule has 0 saturated heterocycles. The first kappa shape index (κ1) is 15.3. The van der Waals surface area contributed by atoms with E-state index in [1.54, 1.807) is 18.2 Å². The van der Waals surface area contributed by atoms with Gasteiger partial charge in [0, 0.05) is 17.0 Å². The molecule has 0 aliphatic carbocycles. The summed E-state index contributed by atoms with van der Waals surface area (Å²) in [4.78, 5) is 4.34. The molecule has 0 amide bonds. The Bertz CT molecular complexity index is 874. The number of nitrogens with zero attached hydrogens (tertiary/aromatic N) is 1.